The number of hydrogen-bond donors (Lipinski definition) is 1. The number of rotatable bonds is 4. The second-order valence-electron chi connectivity index (χ2n) is 3.90. The van der Waals surface area contributed by atoms with Gasteiger partial charge < -0.3 is 9.52 Å². The summed E-state index contributed by atoms with van der Waals surface area (Å²) in [6, 6.07) is 5.60. The van der Waals surface area contributed by atoms with Gasteiger partial charge in [-0.25, -0.2) is 8.78 Å². The normalized spacial score (nSPS) is 12.4. The first-order valence-corrected chi connectivity index (χ1v) is 5.33. The number of benzene rings is 1. The van der Waals surface area contributed by atoms with E-state index in [-0.39, 0.29) is 12.2 Å². The lowest BCUT2D eigenvalue weighted by molar-refractivity contribution is -0.402. The van der Waals surface area contributed by atoms with Gasteiger partial charge in [0.2, 0.25) is 0 Å². The molecule has 1 N–H and O–H groups in total. The van der Waals surface area contributed by atoms with Crippen LogP contribution in [0.2, 0.25) is 0 Å². The molecule has 0 aliphatic carbocycles. The zero-order chi connectivity index (χ0) is 14.0. The maximum absolute atomic E-state index is 13.0. The predicted octanol–water partition coefficient (Wildman–Crippen LogP) is 2.74. The number of aliphatic hydroxyl groups is 1. The summed E-state index contributed by atoms with van der Waals surface area (Å²) in [6.07, 6.45) is -1.21. The molecule has 7 heteroatoms. The minimum Gasteiger partial charge on any atom is -0.403 e. The number of nitrogens with zero attached hydrogens (tertiary/aromatic N) is 1. The Bertz CT molecular complexity index is 612. The third-order valence-corrected chi connectivity index (χ3v) is 2.53. The summed E-state index contributed by atoms with van der Waals surface area (Å²) >= 11 is 0. The molecule has 1 heterocycles. The van der Waals surface area contributed by atoms with Gasteiger partial charge in [0.1, 0.15) is 16.8 Å². The Kier molecular flexibility index (Phi) is 3.57. The van der Waals surface area contributed by atoms with Gasteiger partial charge >= 0.3 is 5.88 Å². The molecule has 1 unspecified atom stereocenters. The lowest BCUT2D eigenvalue weighted by Gasteiger charge is -2.07. The molecular weight excluding hydrogens is 260 g/mol. The zero-order valence-corrected chi connectivity index (χ0v) is 9.55. The molecule has 0 spiro atoms. The molecule has 100 valence electrons. The van der Waals surface area contributed by atoms with Crippen LogP contribution >= 0.6 is 0 Å². The highest BCUT2D eigenvalue weighted by Gasteiger charge is 2.18. The van der Waals surface area contributed by atoms with E-state index in [0.29, 0.717) is 5.56 Å². The Morgan fingerprint density at radius 1 is 1.26 bits per heavy atom. The molecule has 0 fully saturated rings. The van der Waals surface area contributed by atoms with Crippen molar-refractivity contribution in [3.05, 3.63) is 63.4 Å². The summed E-state index contributed by atoms with van der Waals surface area (Å²) < 4.78 is 30.5. The second-order valence-corrected chi connectivity index (χ2v) is 3.90. The smallest absolute Gasteiger partial charge is 0.403 e. The fourth-order valence-electron chi connectivity index (χ4n) is 1.61. The maximum atomic E-state index is 13.0. The van der Waals surface area contributed by atoms with Crippen LogP contribution in [0.4, 0.5) is 14.7 Å². The van der Waals surface area contributed by atoms with Crippen LogP contribution in [0.15, 0.2) is 34.7 Å². The van der Waals surface area contributed by atoms with Gasteiger partial charge in [0.15, 0.2) is 11.6 Å². The average molecular weight is 269 g/mol. The first kappa shape index (κ1) is 13.2. The topological polar surface area (TPSA) is 76.5 Å². The molecule has 0 amide bonds. The quantitative estimate of drug-likeness (QED) is 0.684. The van der Waals surface area contributed by atoms with Crippen molar-refractivity contribution in [1.29, 1.82) is 0 Å². The summed E-state index contributed by atoms with van der Waals surface area (Å²) in [5.74, 6) is -2.49. The Labute approximate surface area is 106 Å². The van der Waals surface area contributed by atoms with Crippen molar-refractivity contribution >= 4 is 5.88 Å². The van der Waals surface area contributed by atoms with Crippen molar-refractivity contribution < 1.29 is 23.2 Å². The van der Waals surface area contributed by atoms with Gasteiger partial charge in [-0.2, -0.15) is 0 Å². The molecule has 0 aliphatic heterocycles. The van der Waals surface area contributed by atoms with E-state index < -0.39 is 28.5 Å². The predicted molar refractivity (Wildman–Crippen MR) is 60.4 cm³/mol. The Hall–Kier alpha value is -2.28. The van der Waals surface area contributed by atoms with Crippen LogP contribution in [0.5, 0.6) is 0 Å². The number of aliphatic hydroxyl groups excluding tert-OH is 1. The van der Waals surface area contributed by atoms with Gasteiger partial charge in [0.05, 0.1) is 6.07 Å². The van der Waals surface area contributed by atoms with Crippen molar-refractivity contribution in [1.82, 2.24) is 0 Å². The van der Waals surface area contributed by atoms with Crippen LogP contribution < -0.4 is 0 Å². The van der Waals surface area contributed by atoms with Crippen molar-refractivity contribution in [2.45, 2.75) is 12.5 Å². The Balaban J connectivity index is 2.13. The van der Waals surface area contributed by atoms with Crippen LogP contribution in [0.25, 0.3) is 0 Å². The van der Waals surface area contributed by atoms with E-state index in [2.05, 4.69) is 0 Å². The van der Waals surface area contributed by atoms with Crippen LogP contribution in [0, 0.1) is 21.7 Å². The third kappa shape index (κ3) is 2.94. The molecule has 1 atom stereocenters. The van der Waals surface area contributed by atoms with Crippen molar-refractivity contribution in [3.8, 4) is 0 Å². The van der Waals surface area contributed by atoms with E-state index in [9.17, 15) is 24.0 Å². The van der Waals surface area contributed by atoms with Gasteiger partial charge in [-0.3, -0.25) is 10.1 Å². The number of halogens is 2. The minimum atomic E-state index is -1.17. The number of hydrogen-bond acceptors (Lipinski definition) is 4. The number of furan rings is 1. The monoisotopic (exact) mass is 269 g/mol. The van der Waals surface area contributed by atoms with E-state index in [4.69, 9.17) is 4.42 Å². The Morgan fingerprint density at radius 2 is 2.00 bits per heavy atom. The van der Waals surface area contributed by atoms with Gasteiger partial charge in [-0.1, -0.05) is 6.07 Å². The summed E-state index contributed by atoms with van der Waals surface area (Å²) in [4.78, 5) is 9.69. The first-order valence-electron chi connectivity index (χ1n) is 5.33. The minimum absolute atomic E-state index is 0.00330. The fourth-order valence-corrected chi connectivity index (χ4v) is 1.61. The Morgan fingerprint density at radius 3 is 2.58 bits per heavy atom. The highest BCUT2D eigenvalue weighted by molar-refractivity contribution is 5.23. The standard InChI is InChI=1S/C12H9F2NO4/c13-8-2-1-7(5-9(8)14)6-10(16)11-3-4-12(19-11)15(17)18/h1-5,10,16H,6H2. The van der Waals surface area contributed by atoms with E-state index in [1.807, 2.05) is 0 Å². The SMILES string of the molecule is O=[N+]([O-])c1ccc(C(O)Cc2ccc(F)c(F)c2)o1. The highest BCUT2D eigenvalue weighted by atomic mass is 19.2. The van der Waals surface area contributed by atoms with Crippen molar-refractivity contribution in [2.24, 2.45) is 0 Å². The van der Waals surface area contributed by atoms with E-state index in [1.54, 1.807) is 0 Å². The van der Waals surface area contributed by atoms with E-state index in [1.165, 1.54) is 12.1 Å². The molecule has 2 aromatic rings. The second kappa shape index (κ2) is 5.15. The largest absolute Gasteiger partial charge is 0.433 e. The zero-order valence-electron chi connectivity index (χ0n) is 9.55. The van der Waals surface area contributed by atoms with Crippen LogP contribution in [-0.2, 0) is 6.42 Å². The third-order valence-electron chi connectivity index (χ3n) is 2.53. The molecule has 5 nitrogen and oxygen atoms in total. The highest BCUT2D eigenvalue weighted by Crippen LogP contribution is 2.24. The summed E-state index contributed by atoms with van der Waals surface area (Å²) in [7, 11) is 0. The van der Waals surface area contributed by atoms with Gasteiger partial charge in [0, 0.05) is 6.42 Å². The van der Waals surface area contributed by atoms with Crippen molar-refractivity contribution in [3.63, 3.8) is 0 Å². The lowest BCUT2D eigenvalue weighted by atomic mass is 10.1. The lowest BCUT2D eigenvalue weighted by Crippen LogP contribution is -2.01. The first-order chi connectivity index (χ1) is 8.97. The summed E-state index contributed by atoms with van der Waals surface area (Å²) in [5, 5.41) is 20.2. The van der Waals surface area contributed by atoms with Gasteiger partial charge in [-0.15, -0.1) is 0 Å². The van der Waals surface area contributed by atoms with Crippen LogP contribution in [0.3, 0.4) is 0 Å². The molecular formula is C12H9F2NO4. The fraction of sp³-hybridized carbons (Fsp3) is 0.167. The average Bonchev–Trinajstić information content (AvgIpc) is 2.83. The molecule has 0 bridgehead atoms. The summed E-state index contributed by atoms with van der Waals surface area (Å²) in [5.41, 5.74) is 0.352. The van der Waals surface area contributed by atoms with E-state index in [0.717, 1.165) is 18.2 Å². The van der Waals surface area contributed by atoms with Crippen molar-refractivity contribution in [2.75, 3.05) is 0 Å². The van der Waals surface area contributed by atoms with Crippen LogP contribution in [-0.4, -0.2) is 10.0 Å². The number of nitro groups is 1. The summed E-state index contributed by atoms with van der Waals surface area (Å²) in [6.45, 7) is 0. The van der Waals surface area contributed by atoms with Crippen LogP contribution in [0.1, 0.15) is 17.4 Å². The molecule has 1 aromatic heterocycles. The van der Waals surface area contributed by atoms with Gasteiger partial charge in [0.25, 0.3) is 0 Å². The molecule has 2 rings (SSSR count). The molecule has 1 aromatic carbocycles. The molecule has 0 radical (unpaired) electrons. The van der Waals surface area contributed by atoms with E-state index >= 15 is 0 Å². The maximum Gasteiger partial charge on any atom is 0.433 e. The molecule has 0 aliphatic rings. The molecule has 0 saturated heterocycles. The molecule has 0 saturated carbocycles. The molecule has 19 heavy (non-hydrogen) atoms. The van der Waals surface area contributed by atoms with Gasteiger partial charge in [-0.05, 0) is 23.8 Å².